The van der Waals surface area contributed by atoms with Gasteiger partial charge in [-0.2, -0.15) is 0 Å². The summed E-state index contributed by atoms with van der Waals surface area (Å²) in [6, 6.07) is 8.39. The topological polar surface area (TPSA) is 39.1 Å². The number of nitrogens with zero attached hydrogens (tertiary/aromatic N) is 2. The Balaban J connectivity index is 1.81. The van der Waals surface area contributed by atoms with E-state index in [1.165, 1.54) is 11.9 Å². The van der Waals surface area contributed by atoms with Crippen LogP contribution in [-0.2, 0) is 17.8 Å². The van der Waals surface area contributed by atoms with Gasteiger partial charge < -0.3 is 14.6 Å². The van der Waals surface area contributed by atoms with Crippen LogP contribution in [0.15, 0.2) is 24.3 Å². The van der Waals surface area contributed by atoms with Crippen LogP contribution in [-0.4, -0.2) is 28.3 Å². The van der Waals surface area contributed by atoms with Gasteiger partial charge in [-0.25, -0.2) is 4.98 Å². The third-order valence-corrected chi connectivity index (χ3v) is 4.29. The zero-order chi connectivity index (χ0) is 14.7. The number of imidazole rings is 1. The summed E-state index contributed by atoms with van der Waals surface area (Å²) in [6.07, 6.45) is 3.42. The van der Waals surface area contributed by atoms with Crippen LogP contribution < -0.4 is 5.32 Å². The molecule has 0 aliphatic carbocycles. The van der Waals surface area contributed by atoms with Crippen molar-refractivity contribution in [1.29, 1.82) is 0 Å². The molecule has 4 nitrogen and oxygen atoms in total. The second-order valence-electron chi connectivity index (χ2n) is 6.24. The van der Waals surface area contributed by atoms with Gasteiger partial charge in [0.25, 0.3) is 0 Å². The van der Waals surface area contributed by atoms with Gasteiger partial charge in [0.05, 0.1) is 24.2 Å². The van der Waals surface area contributed by atoms with Gasteiger partial charge in [-0.3, -0.25) is 0 Å². The van der Waals surface area contributed by atoms with E-state index in [0.29, 0.717) is 0 Å². The Morgan fingerprint density at radius 1 is 1.38 bits per heavy atom. The quantitative estimate of drug-likeness (QED) is 0.918. The minimum absolute atomic E-state index is 0.0768. The maximum Gasteiger partial charge on any atom is 0.123 e. The molecule has 0 radical (unpaired) electrons. The SMILES string of the molecule is CCCn1c(CNC2(C)CCCOC2)nc2ccccc21. The molecule has 0 amide bonds. The Kier molecular flexibility index (Phi) is 4.27. The summed E-state index contributed by atoms with van der Waals surface area (Å²) in [5.41, 5.74) is 2.40. The lowest BCUT2D eigenvalue weighted by Gasteiger charge is -2.34. The molecule has 1 atom stereocenters. The van der Waals surface area contributed by atoms with Crippen molar-refractivity contribution in [1.82, 2.24) is 14.9 Å². The summed E-state index contributed by atoms with van der Waals surface area (Å²) in [7, 11) is 0. The molecule has 3 rings (SSSR count). The highest BCUT2D eigenvalue weighted by Gasteiger charge is 2.27. The van der Waals surface area contributed by atoms with E-state index in [2.05, 4.69) is 48.0 Å². The highest BCUT2D eigenvalue weighted by atomic mass is 16.5. The molecule has 1 saturated heterocycles. The second kappa shape index (κ2) is 6.16. The molecule has 1 aliphatic rings. The van der Waals surface area contributed by atoms with Crippen LogP contribution in [0.3, 0.4) is 0 Å². The van der Waals surface area contributed by atoms with Crippen LogP contribution in [0.2, 0.25) is 0 Å². The summed E-state index contributed by atoms with van der Waals surface area (Å²) in [5, 5.41) is 3.67. The molecule has 0 spiro atoms. The van der Waals surface area contributed by atoms with Crippen molar-refractivity contribution in [2.24, 2.45) is 0 Å². The van der Waals surface area contributed by atoms with Gasteiger partial charge >= 0.3 is 0 Å². The van der Waals surface area contributed by atoms with Crippen LogP contribution in [0.4, 0.5) is 0 Å². The van der Waals surface area contributed by atoms with E-state index in [1.54, 1.807) is 0 Å². The molecule has 1 aromatic carbocycles. The first-order chi connectivity index (χ1) is 10.2. The van der Waals surface area contributed by atoms with Crippen molar-refractivity contribution in [3.8, 4) is 0 Å². The molecular formula is C17H25N3O. The Labute approximate surface area is 126 Å². The molecule has 21 heavy (non-hydrogen) atoms. The molecule has 0 saturated carbocycles. The van der Waals surface area contributed by atoms with Crippen LogP contribution in [0.5, 0.6) is 0 Å². The van der Waals surface area contributed by atoms with E-state index in [4.69, 9.17) is 9.72 Å². The van der Waals surface area contributed by atoms with Crippen LogP contribution in [0.25, 0.3) is 11.0 Å². The number of para-hydroxylation sites is 2. The molecule has 2 aromatic rings. The van der Waals surface area contributed by atoms with Crippen molar-refractivity contribution in [3.63, 3.8) is 0 Å². The summed E-state index contributed by atoms with van der Waals surface area (Å²) < 4.78 is 7.96. The molecule has 1 N–H and O–H groups in total. The fourth-order valence-corrected chi connectivity index (χ4v) is 3.10. The Morgan fingerprint density at radius 2 is 2.24 bits per heavy atom. The molecular weight excluding hydrogens is 262 g/mol. The largest absolute Gasteiger partial charge is 0.380 e. The molecule has 4 heteroatoms. The number of aromatic nitrogens is 2. The smallest absolute Gasteiger partial charge is 0.123 e. The first kappa shape index (κ1) is 14.5. The zero-order valence-electron chi connectivity index (χ0n) is 13.1. The van der Waals surface area contributed by atoms with Gasteiger partial charge in [0, 0.05) is 18.7 Å². The Hall–Kier alpha value is -1.39. The summed E-state index contributed by atoms with van der Waals surface area (Å²) in [5.74, 6) is 1.13. The molecule has 1 aliphatic heterocycles. The van der Waals surface area contributed by atoms with E-state index >= 15 is 0 Å². The number of nitrogens with one attached hydrogen (secondary N) is 1. The number of benzene rings is 1. The standard InChI is InChI=1S/C17H25N3O/c1-3-10-20-15-8-5-4-7-14(15)19-16(20)12-18-17(2)9-6-11-21-13-17/h4-5,7-8,18H,3,6,9-13H2,1-2H3. The van der Waals surface area contributed by atoms with Crippen molar-refractivity contribution >= 4 is 11.0 Å². The normalized spacial score (nSPS) is 22.8. The number of hydrogen-bond acceptors (Lipinski definition) is 3. The Bertz CT molecular complexity index is 599. The highest BCUT2D eigenvalue weighted by molar-refractivity contribution is 5.75. The lowest BCUT2D eigenvalue weighted by Crippen LogP contribution is -2.48. The lowest BCUT2D eigenvalue weighted by atomic mass is 9.95. The van der Waals surface area contributed by atoms with Crippen molar-refractivity contribution in [2.45, 2.75) is 51.7 Å². The minimum atomic E-state index is 0.0768. The Morgan fingerprint density at radius 3 is 3.00 bits per heavy atom. The first-order valence-electron chi connectivity index (χ1n) is 7.99. The predicted octanol–water partition coefficient (Wildman–Crippen LogP) is 3.11. The highest BCUT2D eigenvalue weighted by Crippen LogP contribution is 2.21. The number of rotatable bonds is 5. The minimum Gasteiger partial charge on any atom is -0.380 e. The van der Waals surface area contributed by atoms with Crippen molar-refractivity contribution < 1.29 is 4.74 Å². The monoisotopic (exact) mass is 287 g/mol. The average molecular weight is 287 g/mol. The van der Waals surface area contributed by atoms with Gasteiger partial charge in [-0.05, 0) is 38.3 Å². The van der Waals surface area contributed by atoms with Gasteiger partial charge in [0.15, 0.2) is 0 Å². The average Bonchev–Trinajstić information content (AvgIpc) is 2.85. The van der Waals surface area contributed by atoms with Gasteiger partial charge in [0.2, 0.25) is 0 Å². The molecule has 114 valence electrons. The summed E-state index contributed by atoms with van der Waals surface area (Å²) in [6.45, 7) is 7.97. The molecule has 1 aromatic heterocycles. The third-order valence-electron chi connectivity index (χ3n) is 4.29. The zero-order valence-corrected chi connectivity index (χ0v) is 13.1. The van der Waals surface area contributed by atoms with Gasteiger partial charge in [0.1, 0.15) is 5.82 Å². The number of ether oxygens (including phenoxy) is 1. The predicted molar refractivity (Wildman–Crippen MR) is 85.3 cm³/mol. The maximum atomic E-state index is 5.62. The number of aryl methyl sites for hydroxylation is 1. The summed E-state index contributed by atoms with van der Waals surface area (Å²) >= 11 is 0. The van der Waals surface area contributed by atoms with Gasteiger partial charge in [-0.1, -0.05) is 19.1 Å². The first-order valence-corrected chi connectivity index (χ1v) is 7.99. The fourth-order valence-electron chi connectivity index (χ4n) is 3.10. The van der Waals surface area contributed by atoms with Crippen molar-refractivity contribution in [2.75, 3.05) is 13.2 Å². The molecule has 1 fully saturated rings. The van der Waals surface area contributed by atoms with E-state index < -0.39 is 0 Å². The third kappa shape index (κ3) is 3.11. The van der Waals surface area contributed by atoms with Gasteiger partial charge in [-0.15, -0.1) is 0 Å². The summed E-state index contributed by atoms with van der Waals surface area (Å²) in [4.78, 5) is 4.81. The number of hydrogen-bond donors (Lipinski definition) is 1. The second-order valence-corrected chi connectivity index (χ2v) is 6.24. The number of fused-ring (bicyclic) bond motifs is 1. The van der Waals surface area contributed by atoms with Crippen LogP contribution >= 0.6 is 0 Å². The van der Waals surface area contributed by atoms with Crippen LogP contribution in [0, 0.1) is 0 Å². The molecule has 1 unspecified atom stereocenters. The van der Waals surface area contributed by atoms with E-state index in [9.17, 15) is 0 Å². The van der Waals surface area contributed by atoms with Crippen LogP contribution in [0.1, 0.15) is 38.9 Å². The van der Waals surface area contributed by atoms with E-state index in [1.807, 2.05) is 0 Å². The lowest BCUT2D eigenvalue weighted by molar-refractivity contribution is 0.0274. The van der Waals surface area contributed by atoms with E-state index in [-0.39, 0.29) is 5.54 Å². The fraction of sp³-hybridized carbons (Fsp3) is 0.588. The molecule has 2 heterocycles. The van der Waals surface area contributed by atoms with Crippen molar-refractivity contribution in [3.05, 3.63) is 30.1 Å². The van der Waals surface area contributed by atoms with E-state index in [0.717, 1.165) is 50.5 Å². The molecule has 0 bridgehead atoms. The maximum absolute atomic E-state index is 5.62.